The number of aromatic nitrogens is 2. The van der Waals surface area contributed by atoms with Crippen LogP contribution in [0.2, 0.25) is 0 Å². The number of ether oxygens (including phenoxy) is 1. The maximum Gasteiger partial charge on any atom is 0.151 e. The number of hydrogen-bond acceptors (Lipinski definition) is 5. The van der Waals surface area contributed by atoms with Gasteiger partial charge in [-0.05, 0) is 20.8 Å². The molecule has 0 aliphatic rings. The average molecular weight is 256 g/mol. The summed E-state index contributed by atoms with van der Waals surface area (Å²) in [4.78, 5) is 2.01. The molecule has 6 nitrogen and oxygen atoms in total. The Morgan fingerprint density at radius 2 is 2.11 bits per heavy atom. The molecule has 1 aromatic rings. The summed E-state index contributed by atoms with van der Waals surface area (Å²) in [6, 6.07) is 0.222. The van der Waals surface area contributed by atoms with Gasteiger partial charge in [-0.1, -0.05) is 0 Å². The van der Waals surface area contributed by atoms with Gasteiger partial charge in [-0.3, -0.25) is 0 Å². The van der Waals surface area contributed by atoms with Crippen molar-refractivity contribution < 1.29 is 9.84 Å². The third kappa shape index (κ3) is 3.14. The first-order valence-electron chi connectivity index (χ1n) is 6.22. The molecule has 6 heteroatoms. The van der Waals surface area contributed by atoms with Crippen molar-refractivity contribution in [3.63, 3.8) is 0 Å². The molecule has 1 rings (SSSR count). The Balaban J connectivity index is 3.08. The number of methoxy groups -OCH3 is 1. The highest BCUT2D eigenvalue weighted by Crippen LogP contribution is 2.29. The molecule has 1 heterocycles. The fraction of sp³-hybridized carbons (Fsp3) is 0.750. The van der Waals surface area contributed by atoms with Crippen LogP contribution >= 0.6 is 0 Å². The molecule has 18 heavy (non-hydrogen) atoms. The number of nitrogens with two attached hydrogens (primary N) is 1. The highest BCUT2D eigenvalue weighted by atomic mass is 16.5. The first-order chi connectivity index (χ1) is 8.52. The minimum absolute atomic E-state index is 0.0749. The smallest absolute Gasteiger partial charge is 0.151 e. The van der Waals surface area contributed by atoms with E-state index in [1.165, 1.54) is 0 Å². The van der Waals surface area contributed by atoms with E-state index in [2.05, 4.69) is 18.9 Å². The molecule has 0 aliphatic carbocycles. The topological polar surface area (TPSA) is 76.5 Å². The van der Waals surface area contributed by atoms with E-state index >= 15 is 0 Å². The van der Waals surface area contributed by atoms with Gasteiger partial charge in [0.2, 0.25) is 0 Å². The lowest BCUT2D eigenvalue weighted by molar-refractivity contribution is 0.202. The van der Waals surface area contributed by atoms with Gasteiger partial charge in [-0.2, -0.15) is 5.10 Å². The Labute approximate surface area is 108 Å². The number of nitrogens with zero attached hydrogens (tertiary/aromatic N) is 3. The van der Waals surface area contributed by atoms with E-state index in [0.717, 1.165) is 11.5 Å². The van der Waals surface area contributed by atoms with Crippen molar-refractivity contribution in [1.82, 2.24) is 9.78 Å². The molecule has 0 radical (unpaired) electrons. The predicted molar refractivity (Wildman–Crippen MR) is 72.9 cm³/mol. The largest absolute Gasteiger partial charge is 0.395 e. The van der Waals surface area contributed by atoms with Crippen LogP contribution in [-0.4, -0.2) is 48.3 Å². The van der Waals surface area contributed by atoms with Crippen molar-refractivity contribution in [2.45, 2.75) is 26.8 Å². The number of rotatable bonds is 7. The number of nitrogen functional groups attached to an aromatic ring is 1. The van der Waals surface area contributed by atoms with Crippen LogP contribution in [0.25, 0.3) is 0 Å². The van der Waals surface area contributed by atoms with Gasteiger partial charge in [0.15, 0.2) is 5.82 Å². The van der Waals surface area contributed by atoms with Crippen LogP contribution in [0.1, 0.15) is 25.6 Å². The first kappa shape index (κ1) is 14.8. The summed E-state index contributed by atoms with van der Waals surface area (Å²) >= 11 is 0. The van der Waals surface area contributed by atoms with Crippen molar-refractivity contribution in [3.05, 3.63) is 5.69 Å². The number of hydrogen-bond donors (Lipinski definition) is 2. The second-order valence-electron chi connectivity index (χ2n) is 4.56. The molecule has 104 valence electrons. The van der Waals surface area contributed by atoms with Gasteiger partial charge >= 0.3 is 0 Å². The molecule has 0 saturated heterocycles. The van der Waals surface area contributed by atoms with Gasteiger partial charge in [-0.25, -0.2) is 4.68 Å². The molecule has 1 aromatic heterocycles. The summed E-state index contributed by atoms with van der Waals surface area (Å²) in [5.41, 5.74) is 7.59. The quantitative estimate of drug-likeness (QED) is 0.754. The van der Waals surface area contributed by atoms with E-state index in [0.29, 0.717) is 25.4 Å². The molecule has 0 unspecified atom stereocenters. The van der Waals surface area contributed by atoms with Crippen LogP contribution in [0.5, 0.6) is 0 Å². The van der Waals surface area contributed by atoms with Crippen LogP contribution in [0, 0.1) is 6.92 Å². The van der Waals surface area contributed by atoms with Crippen LogP contribution in [0.4, 0.5) is 11.5 Å². The van der Waals surface area contributed by atoms with Crippen LogP contribution < -0.4 is 10.6 Å². The second kappa shape index (κ2) is 6.61. The molecule has 0 spiro atoms. The molecular formula is C12H24N4O2. The summed E-state index contributed by atoms with van der Waals surface area (Å²) < 4.78 is 6.99. The summed E-state index contributed by atoms with van der Waals surface area (Å²) in [6.45, 7) is 7.87. The highest BCUT2D eigenvalue weighted by molar-refractivity contribution is 5.66. The third-order valence-corrected chi connectivity index (χ3v) is 2.83. The van der Waals surface area contributed by atoms with Crippen molar-refractivity contribution >= 4 is 11.5 Å². The minimum atomic E-state index is 0.0749. The Bertz CT molecular complexity index is 376. The van der Waals surface area contributed by atoms with E-state index < -0.39 is 0 Å². The lowest BCUT2D eigenvalue weighted by atomic mass is 10.3. The Morgan fingerprint density at radius 1 is 1.44 bits per heavy atom. The van der Waals surface area contributed by atoms with Gasteiger partial charge < -0.3 is 20.5 Å². The summed E-state index contributed by atoms with van der Waals surface area (Å²) in [5.74, 6) is 0.869. The van der Waals surface area contributed by atoms with Crippen molar-refractivity contribution in [1.29, 1.82) is 0 Å². The molecule has 3 N–H and O–H groups in total. The molecule has 0 amide bonds. The Hall–Kier alpha value is -1.27. The van der Waals surface area contributed by atoms with Crippen molar-refractivity contribution in [2.24, 2.45) is 0 Å². The average Bonchev–Trinajstić information content (AvgIpc) is 2.62. The molecule has 0 bridgehead atoms. The van der Waals surface area contributed by atoms with E-state index in [1.807, 2.05) is 16.5 Å². The molecule has 0 fully saturated rings. The number of anilines is 2. The number of aliphatic hydroxyl groups is 1. The second-order valence-corrected chi connectivity index (χ2v) is 4.56. The normalized spacial score (nSPS) is 11.2. The molecule has 0 aromatic carbocycles. The maximum atomic E-state index is 9.17. The minimum Gasteiger partial charge on any atom is -0.395 e. The first-order valence-corrected chi connectivity index (χ1v) is 6.22. The SMILES string of the molecule is COCCN(CCO)c1c(N)c(C)nn1C(C)C. The van der Waals surface area contributed by atoms with E-state index in [-0.39, 0.29) is 12.6 Å². The standard InChI is InChI=1S/C12H24N4O2/c1-9(2)16-12(11(13)10(3)14-16)15(5-7-17)6-8-18-4/h9,17H,5-8,13H2,1-4H3. The van der Waals surface area contributed by atoms with Crippen LogP contribution in [-0.2, 0) is 4.74 Å². The predicted octanol–water partition coefficient (Wildman–Crippen LogP) is 0.800. The zero-order valence-electron chi connectivity index (χ0n) is 11.7. The van der Waals surface area contributed by atoms with Gasteiger partial charge in [-0.15, -0.1) is 0 Å². The van der Waals surface area contributed by atoms with Gasteiger partial charge in [0.1, 0.15) is 0 Å². The molecule has 0 aliphatic heterocycles. The molecule has 0 atom stereocenters. The summed E-state index contributed by atoms with van der Waals surface area (Å²) in [6.07, 6.45) is 0. The Kier molecular flexibility index (Phi) is 5.43. The summed E-state index contributed by atoms with van der Waals surface area (Å²) in [5, 5.41) is 13.6. The zero-order valence-corrected chi connectivity index (χ0v) is 11.7. The van der Waals surface area contributed by atoms with Crippen molar-refractivity contribution in [3.8, 4) is 0 Å². The van der Waals surface area contributed by atoms with E-state index in [1.54, 1.807) is 7.11 Å². The Morgan fingerprint density at radius 3 is 2.61 bits per heavy atom. The monoisotopic (exact) mass is 256 g/mol. The fourth-order valence-corrected chi connectivity index (χ4v) is 1.87. The van der Waals surface area contributed by atoms with E-state index in [4.69, 9.17) is 10.5 Å². The highest BCUT2D eigenvalue weighted by Gasteiger charge is 2.20. The lowest BCUT2D eigenvalue weighted by Gasteiger charge is -2.26. The van der Waals surface area contributed by atoms with Crippen LogP contribution in [0.15, 0.2) is 0 Å². The maximum absolute atomic E-state index is 9.17. The number of aryl methyl sites for hydroxylation is 1. The third-order valence-electron chi connectivity index (χ3n) is 2.83. The van der Waals surface area contributed by atoms with Gasteiger partial charge in [0.25, 0.3) is 0 Å². The lowest BCUT2D eigenvalue weighted by Crippen LogP contribution is -2.33. The van der Waals surface area contributed by atoms with Gasteiger partial charge in [0, 0.05) is 26.2 Å². The fourth-order valence-electron chi connectivity index (χ4n) is 1.87. The van der Waals surface area contributed by atoms with Gasteiger partial charge in [0.05, 0.1) is 24.6 Å². The number of aliphatic hydroxyl groups excluding tert-OH is 1. The zero-order chi connectivity index (χ0) is 13.7. The van der Waals surface area contributed by atoms with Crippen LogP contribution in [0.3, 0.4) is 0 Å². The molecule has 0 saturated carbocycles. The summed E-state index contributed by atoms with van der Waals surface area (Å²) in [7, 11) is 1.66. The van der Waals surface area contributed by atoms with E-state index in [9.17, 15) is 5.11 Å². The van der Waals surface area contributed by atoms with Crippen molar-refractivity contribution in [2.75, 3.05) is 44.0 Å². The molecular weight excluding hydrogens is 232 g/mol.